The molecule has 0 aromatic rings. The molecule has 0 spiro atoms. The van der Waals surface area contributed by atoms with Crippen LogP contribution in [-0.2, 0) is 9.59 Å². The van der Waals surface area contributed by atoms with Crippen LogP contribution in [-0.4, -0.2) is 49.4 Å². The number of hydrogen-bond acceptors (Lipinski definition) is 3. The molecule has 2 atom stereocenters. The smallest absolute Gasteiger partial charge is 0.245 e. The topological polar surface area (TPSA) is 61.4 Å². The van der Waals surface area contributed by atoms with Gasteiger partial charge in [-0.1, -0.05) is 0 Å². The zero-order chi connectivity index (χ0) is 12.3. The number of nitrogens with zero attached hydrogens (tertiary/aromatic N) is 1. The van der Waals surface area contributed by atoms with Crippen LogP contribution in [0.15, 0.2) is 0 Å². The van der Waals surface area contributed by atoms with Gasteiger partial charge in [0.2, 0.25) is 11.8 Å². The first kappa shape index (κ1) is 12.4. The average Bonchev–Trinajstić information content (AvgIpc) is 2.76. The van der Waals surface area contributed by atoms with E-state index in [1.165, 1.54) is 6.42 Å². The van der Waals surface area contributed by atoms with Gasteiger partial charge in [-0.25, -0.2) is 0 Å². The molecular formula is C12H21N3O2. The Morgan fingerprint density at radius 3 is 3.00 bits per heavy atom. The first-order valence-electron chi connectivity index (χ1n) is 6.43. The van der Waals surface area contributed by atoms with Crippen LogP contribution >= 0.6 is 0 Å². The summed E-state index contributed by atoms with van der Waals surface area (Å²) in [6.07, 6.45) is 3.40. The van der Waals surface area contributed by atoms with E-state index in [9.17, 15) is 9.59 Å². The summed E-state index contributed by atoms with van der Waals surface area (Å²) >= 11 is 0. The SMILES string of the molecule is CNCC1CCCN(C(=O)[C@@H]2CCC(=O)N2)C1. The third-order valence-electron chi connectivity index (χ3n) is 3.62. The van der Waals surface area contributed by atoms with Gasteiger partial charge < -0.3 is 15.5 Å². The second-order valence-corrected chi connectivity index (χ2v) is 5.01. The Morgan fingerprint density at radius 1 is 1.53 bits per heavy atom. The predicted octanol–water partition coefficient (Wildman–Crippen LogP) is -0.277. The summed E-state index contributed by atoms with van der Waals surface area (Å²) in [7, 11) is 1.94. The first-order chi connectivity index (χ1) is 8.20. The minimum Gasteiger partial charge on any atom is -0.344 e. The molecular weight excluding hydrogens is 218 g/mol. The molecule has 5 nitrogen and oxygen atoms in total. The lowest BCUT2D eigenvalue weighted by Gasteiger charge is -2.34. The summed E-state index contributed by atoms with van der Waals surface area (Å²) < 4.78 is 0. The van der Waals surface area contributed by atoms with Crippen LogP contribution in [0, 0.1) is 5.92 Å². The third kappa shape index (κ3) is 2.97. The van der Waals surface area contributed by atoms with E-state index in [1.54, 1.807) is 0 Å². The van der Waals surface area contributed by atoms with Crippen LogP contribution in [0.2, 0.25) is 0 Å². The second kappa shape index (κ2) is 5.49. The van der Waals surface area contributed by atoms with E-state index in [4.69, 9.17) is 0 Å². The molecule has 96 valence electrons. The normalized spacial score (nSPS) is 29.2. The Labute approximate surface area is 102 Å². The number of piperidine rings is 1. The Morgan fingerprint density at radius 2 is 2.35 bits per heavy atom. The van der Waals surface area contributed by atoms with Crippen LogP contribution in [0.1, 0.15) is 25.7 Å². The fourth-order valence-electron chi connectivity index (χ4n) is 2.74. The first-order valence-corrected chi connectivity index (χ1v) is 6.43. The van der Waals surface area contributed by atoms with Crippen molar-refractivity contribution in [1.29, 1.82) is 0 Å². The minimum absolute atomic E-state index is 0.00661. The monoisotopic (exact) mass is 239 g/mol. The van der Waals surface area contributed by atoms with Crippen molar-refractivity contribution in [2.45, 2.75) is 31.7 Å². The van der Waals surface area contributed by atoms with Crippen molar-refractivity contribution in [3.05, 3.63) is 0 Å². The highest BCUT2D eigenvalue weighted by molar-refractivity contribution is 5.90. The van der Waals surface area contributed by atoms with Gasteiger partial charge in [-0.2, -0.15) is 0 Å². The molecule has 2 rings (SSSR count). The Bertz CT molecular complexity index is 304. The molecule has 2 heterocycles. The largest absolute Gasteiger partial charge is 0.344 e. The van der Waals surface area contributed by atoms with Crippen LogP contribution in [0.25, 0.3) is 0 Å². The molecule has 0 bridgehead atoms. The molecule has 2 fully saturated rings. The average molecular weight is 239 g/mol. The molecule has 0 aliphatic carbocycles. The molecule has 0 radical (unpaired) electrons. The molecule has 0 aromatic heterocycles. The van der Waals surface area contributed by atoms with Gasteiger partial charge in [-0.15, -0.1) is 0 Å². The standard InChI is InChI=1S/C12H21N3O2/c1-13-7-9-3-2-6-15(8-9)12(17)10-4-5-11(16)14-10/h9-10,13H,2-8H2,1H3,(H,14,16)/t9?,10-/m0/s1. The molecule has 2 saturated heterocycles. The molecule has 0 saturated carbocycles. The van der Waals surface area contributed by atoms with Crippen molar-refractivity contribution in [2.75, 3.05) is 26.7 Å². The van der Waals surface area contributed by atoms with E-state index in [2.05, 4.69) is 10.6 Å². The molecule has 2 aliphatic rings. The molecule has 2 N–H and O–H groups in total. The molecule has 0 aromatic carbocycles. The van der Waals surface area contributed by atoms with Crippen LogP contribution in [0.5, 0.6) is 0 Å². The van der Waals surface area contributed by atoms with E-state index >= 15 is 0 Å². The van der Waals surface area contributed by atoms with Crippen molar-refractivity contribution in [3.63, 3.8) is 0 Å². The van der Waals surface area contributed by atoms with Crippen LogP contribution < -0.4 is 10.6 Å². The van der Waals surface area contributed by atoms with E-state index in [-0.39, 0.29) is 17.9 Å². The summed E-state index contributed by atoms with van der Waals surface area (Å²) in [5, 5.41) is 5.92. The van der Waals surface area contributed by atoms with Crippen molar-refractivity contribution in [2.24, 2.45) is 5.92 Å². The zero-order valence-corrected chi connectivity index (χ0v) is 10.4. The van der Waals surface area contributed by atoms with E-state index in [1.807, 2.05) is 11.9 Å². The summed E-state index contributed by atoms with van der Waals surface area (Å²) in [5.74, 6) is 0.665. The maximum absolute atomic E-state index is 12.2. The number of carbonyl (C=O) groups is 2. The number of nitrogens with one attached hydrogen (secondary N) is 2. The Kier molecular flexibility index (Phi) is 3.99. The highest BCUT2D eigenvalue weighted by Gasteiger charge is 2.32. The summed E-state index contributed by atoms with van der Waals surface area (Å²) in [6, 6.07) is -0.268. The van der Waals surface area contributed by atoms with Crippen molar-refractivity contribution in [3.8, 4) is 0 Å². The van der Waals surface area contributed by atoms with Crippen molar-refractivity contribution < 1.29 is 9.59 Å². The van der Waals surface area contributed by atoms with Crippen LogP contribution in [0.3, 0.4) is 0 Å². The predicted molar refractivity (Wildman–Crippen MR) is 64.4 cm³/mol. The summed E-state index contributed by atoms with van der Waals surface area (Å²) in [5.41, 5.74) is 0. The molecule has 5 heteroatoms. The van der Waals surface area contributed by atoms with Gasteiger partial charge in [-0.05, 0) is 38.8 Å². The fraction of sp³-hybridized carbons (Fsp3) is 0.833. The maximum atomic E-state index is 12.2. The lowest BCUT2D eigenvalue weighted by molar-refractivity contribution is -0.136. The Balaban J connectivity index is 1.88. The van der Waals surface area contributed by atoms with Gasteiger partial charge in [0.05, 0.1) is 0 Å². The third-order valence-corrected chi connectivity index (χ3v) is 3.62. The van der Waals surface area contributed by atoms with Gasteiger partial charge in [0.15, 0.2) is 0 Å². The fourth-order valence-corrected chi connectivity index (χ4v) is 2.74. The lowest BCUT2D eigenvalue weighted by Crippen LogP contribution is -2.49. The molecule has 1 unspecified atom stereocenters. The number of likely N-dealkylation sites (tertiary alicyclic amines) is 1. The minimum atomic E-state index is -0.268. The highest BCUT2D eigenvalue weighted by Crippen LogP contribution is 2.18. The summed E-state index contributed by atoms with van der Waals surface area (Å²) in [6.45, 7) is 2.62. The summed E-state index contributed by atoms with van der Waals surface area (Å²) in [4.78, 5) is 25.2. The number of amides is 2. The quantitative estimate of drug-likeness (QED) is 0.712. The Hall–Kier alpha value is -1.10. The molecule has 2 aliphatic heterocycles. The number of rotatable bonds is 3. The molecule has 2 amide bonds. The lowest BCUT2D eigenvalue weighted by atomic mass is 9.97. The van der Waals surface area contributed by atoms with E-state index in [0.29, 0.717) is 18.8 Å². The van der Waals surface area contributed by atoms with Crippen molar-refractivity contribution >= 4 is 11.8 Å². The second-order valence-electron chi connectivity index (χ2n) is 5.01. The number of carbonyl (C=O) groups excluding carboxylic acids is 2. The maximum Gasteiger partial charge on any atom is 0.245 e. The van der Waals surface area contributed by atoms with Gasteiger partial charge in [-0.3, -0.25) is 9.59 Å². The van der Waals surface area contributed by atoms with Crippen LogP contribution in [0.4, 0.5) is 0 Å². The molecule has 17 heavy (non-hydrogen) atoms. The van der Waals surface area contributed by atoms with Gasteiger partial charge in [0, 0.05) is 19.5 Å². The van der Waals surface area contributed by atoms with Gasteiger partial charge in [0.25, 0.3) is 0 Å². The van der Waals surface area contributed by atoms with E-state index < -0.39 is 0 Å². The number of hydrogen-bond donors (Lipinski definition) is 2. The van der Waals surface area contributed by atoms with Gasteiger partial charge >= 0.3 is 0 Å². The van der Waals surface area contributed by atoms with Gasteiger partial charge in [0.1, 0.15) is 6.04 Å². The zero-order valence-electron chi connectivity index (χ0n) is 10.4. The van der Waals surface area contributed by atoms with E-state index in [0.717, 1.165) is 26.1 Å². The van der Waals surface area contributed by atoms with Crippen molar-refractivity contribution in [1.82, 2.24) is 15.5 Å². The highest BCUT2D eigenvalue weighted by atomic mass is 16.2.